The van der Waals surface area contributed by atoms with E-state index in [4.69, 9.17) is 5.53 Å². The summed E-state index contributed by atoms with van der Waals surface area (Å²) in [4.78, 5) is 7.22. The van der Waals surface area contributed by atoms with Gasteiger partial charge in [0.2, 0.25) is 0 Å². The van der Waals surface area contributed by atoms with Crippen LogP contribution in [0.15, 0.2) is 58.6 Å². The molecule has 0 heterocycles. The van der Waals surface area contributed by atoms with Crippen molar-refractivity contribution in [3.63, 3.8) is 0 Å². The summed E-state index contributed by atoms with van der Waals surface area (Å²) >= 11 is 0. The number of azide groups is 1. The lowest BCUT2D eigenvalue weighted by Crippen LogP contribution is -1.84. The van der Waals surface area contributed by atoms with Gasteiger partial charge in [0.25, 0.3) is 0 Å². The summed E-state index contributed by atoms with van der Waals surface area (Å²) < 4.78 is 0. The number of hydrogen-bond donors (Lipinski definition) is 0. The molecule has 0 N–H and O–H groups in total. The molecule has 22 heavy (non-hydrogen) atoms. The Labute approximate surface area is 131 Å². The molecule has 0 atom stereocenters. The predicted molar refractivity (Wildman–Crippen MR) is 92.2 cm³/mol. The fourth-order valence-corrected chi connectivity index (χ4v) is 2.16. The first-order chi connectivity index (χ1) is 10.8. The average molecular weight is 292 g/mol. The lowest BCUT2D eigenvalue weighted by molar-refractivity contribution is 0.717. The van der Waals surface area contributed by atoms with Crippen LogP contribution in [0.2, 0.25) is 0 Å². The minimum Gasteiger partial charge on any atom is -0.256 e. The minimum atomic E-state index is 0.607. The first kappa shape index (κ1) is 15.8. The highest BCUT2D eigenvalue weighted by molar-refractivity contribution is 5.82. The highest BCUT2D eigenvalue weighted by Gasteiger charge is 1.94. The number of rotatable bonds is 7. The van der Waals surface area contributed by atoms with E-state index < -0.39 is 0 Å². The second-order valence-electron chi connectivity index (χ2n) is 5.16. The van der Waals surface area contributed by atoms with Crippen LogP contribution in [0, 0.1) is 0 Å². The van der Waals surface area contributed by atoms with E-state index in [0.717, 1.165) is 17.7 Å². The van der Waals surface area contributed by atoms with Crippen LogP contribution in [0.5, 0.6) is 0 Å². The molecule has 0 aliphatic carbocycles. The molecular weight excluding hydrogens is 272 g/mol. The predicted octanol–water partition coefficient (Wildman–Crippen LogP) is 6.11. The molecule has 2 aromatic rings. The molecule has 0 amide bonds. The lowest BCUT2D eigenvalue weighted by Gasteiger charge is -2.01. The van der Waals surface area contributed by atoms with E-state index in [9.17, 15) is 0 Å². The van der Waals surface area contributed by atoms with Gasteiger partial charge >= 0.3 is 0 Å². The van der Waals surface area contributed by atoms with E-state index in [1.165, 1.54) is 24.8 Å². The monoisotopic (exact) mass is 292 g/mol. The van der Waals surface area contributed by atoms with Gasteiger partial charge in [0.15, 0.2) is 0 Å². The fourth-order valence-electron chi connectivity index (χ4n) is 2.16. The zero-order chi connectivity index (χ0) is 15.6. The van der Waals surface area contributed by atoms with Crippen LogP contribution < -0.4 is 0 Å². The van der Waals surface area contributed by atoms with Gasteiger partial charge in [-0.15, -0.1) is 0 Å². The van der Waals surface area contributed by atoms with Gasteiger partial charge in [0.05, 0.1) is 5.69 Å². The summed E-state index contributed by atoms with van der Waals surface area (Å²) in [6.07, 6.45) is 6.73. The minimum absolute atomic E-state index is 0.607. The number of unbranched alkanes of at least 4 members (excludes halogenated alkanes) is 2. The van der Waals surface area contributed by atoms with Crippen molar-refractivity contribution in [2.24, 2.45) is 10.1 Å². The normalized spacial score (nSPS) is 10.6. The van der Waals surface area contributed by atoms with Crippen LogP contribution >= 0.6 is 0 Å². The van der Waals surface area contributed by atoms with Gasteiger partial charge in [0.1, 0.15) is 0 Å². The summed E-state index contributed by atoms with van der Waals surface area (Å²) in [5, 5.41) is 3.54. The van der Waals surface area contributed by atoms with E-state index in [2.05, 4.69) is 34.1 Å². The Hall–Kier alpha value is -2.58. The third-order valence-corrected chi connectivity index (χ3v) is 3.42. The number of hydrogen-bond acceptors (Lipinski definition) is 2. The highest BCUT2D eigenvalue weighted by atomic mass is 15.1. The first-order valence-corrected chi connectivity index (χ1v) is 7.60. The first-order valence-electron chi connectivity index (χ1n) is 7.60. The molecule has 0 unspecified atom stereocenters. The van der Waals surface area contributed by atoms with E-state index >= 15 is 0 Å². The summed E-state index contributed by atoms with van der Waals surface area (Å²) in [7, 11) is 0. The quantitative estimate of drug-likeness (QED) is 0.194. The molecule has 0 aliphatic rings. The Morgan fingerprint density at radius 3 is 2.27 bits per heavy atom. The largest absolute Gasteiger partial charge is 0.256 e. The van der Waals surface area contributed by atoms with Crippen molar-refractivity contribution in [1.29, 1.82) is 0 Å². The molecule has 112 valence electrons. The summed E-state index contributed by atoms with van der Waals surface area (Å²) in [6, 6.07) is 15.7. The Morgan fingerprint density at radius 2 is 1.64 bits per heavy atom. The molecule has 0 saturated heterocycles. The molecule has 0 saturated carbocycles. The van der Waals surface area contributed by atoms with E-state index in [0.29, 0.717) is 5.69 Å². The van der Waals surface area contributed by atoms with E-state index in [1.807, 2.05) is 30.5 Å². The van der Waals surface area contributed by atoms with Gasteiger partial charge in [0, 0.05) is 16.8 Å². The van der Waals surface area contributed by atoms with Crippen molar-refractivity contribution in [2.75, 3.05) is 0 Å². The number of aliphatic imine (C=N–C) groups is 1. The molecular formula is C18H20N4. The lowest BCUT2D eigenvalue weighted by atomic mass is 10.1. The van der Waals surface area contributed by atoms with Crippen LogP contribution in [-0.4, -0.2) is 6.21 Å². The summed E-state index contributed by atoms with van der Waals surface area (Å²) in [6.45, 7) is 2.22. The molecule has 0 radical (unpaired) electrons. The van der Waals surface area contributed by atoms with Crippen molar-refractivity contribution >= 4 is 17.6 Å². The number of benzene rings is 2. The van der Waals surface area contributed by atoms with Crippen LogP contribution in [0.1, 0.15) is 37.3 Å². The molecule has 0 spiro atoms. The van der Waals surface area contributed by atoms with Crippen molar-refractivity contribution < 1.29 is 0 Å². The number of nitrogens with zero attached hydrogens (tertiary/aromatic N) is 4. The van der Waals surface area contributed by atoms with Gasteiger partial charge in [-0.3, -0.25) is 4.99 Å². The summed E-state index contributed by atoms with van der Waals surface area (Å²) in [5.41, 5.74) is 12.3. The van der Waals surface area contributed by atoms with E-state index in [1.54, 1.807) is 12.1 Å². The molecule has 0 bridgehead atoms. The Bertz CT molecular complexity index is 650. The third-order valence-electron chi connectivity index (χ3n) is 3.42. The van der Waals surface area contributed by atoms with Crippen LogP contribution in [-0.2, 0) is 6.42 Å². The van der Waals surface area contributed by atoms with Crippen molar-refractivity contribution in [1.82, 2.24) is 0 Å². The zero-order valence-corrected chi connectivity index (χ0v) is 12.8. The third kappa shape index (κ3) is 5.08. The van der Waals surface area contributed by atoms with Crippen molar-refractivity contribution in [3.8, 4) is 0 Å². The average Bonchev–Trinajstić information content (AvgIpc) is 2.56. The maximum atomic E-state index is 8.36. The van der Waals surface area contributed by atoms with Gasteiger partial charge in [-0.1, -0.05) is 61.3 Å². The zero-order valence-electron chi connectivity index (χ0n) is 12.8. The van der Waals surface area contributed by atoms with Crippen molar-refractivity contribution in [3.05, 3.63) is 70.1 Å². The molecule has 0 aromatic heterocycles. The Balaban J connectivity index is 1.96. The maximum absolute atomic E-state index is 8.36. The summed E-state index contributed by atoms with van der Waals surface area (Å²) in [5.74, 6) is 0. The molecule has 2 rings (SSSR count). The second kappa shape index (κ2) is 8.65. The van der Waals surface area contributed by atoms with Gasteiger partial charge in [-0.05, 0) is 41.6 Å². The topological polar surface area (TPSA) is 61.1 Å². The standard InChI is InChI=1S/C18H20N4/c1-2-3-4-5-15-6-10-17(11-7-15)20-14-16-8-12-18(13-9-16)21-22-19/h6-14H,2-5H2,1H3. The fraction of sp³-hybridized carbons (Fsp3) is 0.278. The van der Waals surface area contributed by atoms with Crippen LogP contribution in [0.3, 0.4) is 0 Å². The SMILES string of the molecule is CCCCCc1ccc(N=Cc2ccc(N=[N+]=[N-])cc2)cc1. The van der Waals surface area contributed by atoms with Crippen LogP contribution in [0.25, 0.3) is 10.4 Å². The Morgan fingerprint density at radius 1 is 0.955 bits per heavy atom. The highest BCUT2D eigenvalue weighted by Crippen LogP contribution is 2.16. The Kier molecular flexibility index (Phi) is 6.21. The molecule has 2 aromatic carbocycles. The van der Waals surface area contributed by atoms with E-state index in [-0.39, 0.29) is 0 Å². The maximum Gasteiger partial charge on any atom is 0.0630 e. The van der Waals surface area contributed by atoms with Crippen LogP contribution in [0.4, 0.5) is 11.4 Å². The second-order valence-corrected chi connectivity index (χ2v) is 5.16. The van der Waals surface area contributed by atoms with Gasteiger partial charge in [-0.2, -0.15) is 0 Å². The molecule has 0 fully saturated rings. The molecule has 4 nitrogen and oxygen atoms in total. The van der Waals surface area contributed by atoms with Crippen molar-refractivity contribution in [2.45, 2.75) is 32.6 Å². The molecule has 0 aliphatic heterocycles. The van der Waals surface area contributed by atoms with Gasteiger partial charge < -0.3 is 0 Å². The smallest absolute Gasteiger partial charge is 0.0630 e. The molecule has 4 heteroatoms. The van der Waals surface area contributed by atoms with Gasteiger partial charge in [-0.25, -0.2) is 0 Å². The number of aryl methyl sites for hydroxylation is 1.